The van der Waals surface area contributed by atoms with Crippen LogP contribution in [0.25, 0.3) is 0 Å². The van der Waals surface area contributed by atoms with Crippen LogP contribution in [-0.4, -0.2) is 31.2 Å². The second-order valence-corrected chi connectivity index (χ2v) is 4.75. The number of pyridine rings is 1. The Morgan fingerprint density at radius 1 is 1.25 bits per heavy atom. The molecule has 0 spiro atoms. The third-order valence-electron chi connectivity index (χ3n) is 3.02. The van der Waals surface area contributed by atoms with Gasteiger partial charge >= 0.3 is 6.18 Å². The minimum atomic E-state index is -4.53. The third-order valence-corrected chi connectivity index (χ3v) is 3.02. The molecule has 0 saturated heterocycles. The van der Waals surface area contributed by atoms with Gasteiger partial charge in [-0.1, -0.05) is 0 Å². The number of carbonyl (C=O) groups is 1. The summed E-state index contributed by atoms with van der Waals surface area (Å²) in [5.41, 5.74) is -0.740. The molecule has 0 saturated carbocycles. The molecule has 0 aliphatic rings. The summed E-state index contributed by atoms with van der Waals surface area (Å²) in [6, 6.07) is 5.94. The molecule has 2 aromatic rings. The molecule has 1 heterocycles. The van der Waals surface area contributed by atoms with Gasteiger partial charge in [-0.2, -0.15) is 13.2 Å². The first-order valence-corrected chi connectivity index (χ1v) is 6.96. The molecule has 8 heteroatoms. The van der Waals surface area contributed by atoms with E-state index in [0.29, 0.717) is 0 Å². The maximum absolute atomic E-state index is 12.9. The Hall–Kier alpha value is -2.61. The van der Waals surface area contributed by atoms with Gasteiger partial charge < -0.3 is 14.8 Å². The summed E-state index contributed by atoms with van der Waals surface area (Å²) in [5.74, 6) is -0.462. The molecule has 0 atom stereocenters. The van der Waals surface area contributed by atoms with Crippen LogP contribution >= 0.6 is 0 Å². The Bertz CT molecular complexity index is 691. The van der Waals surface area contributed by atoms with E-state index in [0.717, 1.165) is 18.2 Å². The normalized spacial score (nSPS) is 11.2. The van der Waals surface area contributed by atoms with Crippen LogP contribution in [-0.2, 0) is 10.9 Å². The molecule has 0 aliphatic heterocycles. The van der Waals surface area contributed by atoms with Crippen LogP contribution in [0.1, 0.15) is 15.9 Å². The first-order valence-electron chi connectivity index (χ1n) is 6.96. The average Bonchev–Trinajstić information content (AvgIpc) is 2.56. The molecule has 24 heavy (non-hydrogen) atoms. The molecule has 0 fully saturated rings. The van der Waals surface area contributed by atoms with Crippen molar-refractivity contribution < 1.29 is 27.4 Å². The summed E-state index contributed by atoms with van der Waals surface area (Å²) in [7, 11) is 1.47. The Morgan fingerprint density at radius 3 is 2.67 bits per heavy atom. The number of benzene rings is 1. The fourth-order valence-electron chi connectivity index (χ4n) is 1.86. The van der Waals surface area contributed by atoms with E-state index in [1.54, 1.807) is 6.07 Å². The predicted molar refractivity (Wildman–Crippen MR) is 81.0 cm³/mol. The van der Waals surface area contributed by atoms with Crippen LogP contribution in [0.2, 0.25) is 0 Å². The van der Waals surface area contributed by atoms with Gasteiger partial charge in [-0.3, -0.25) is 9.78 Å². The first kappa shape index (κ1) is 17.7. The Balaban J connectivity index is 2.27. The lowest BCUT2D eigenvalue weighted by Crippen LogP contribution is -2.15. The van der Waals surface area contributed by atoms with E-state index >= 15 is 0 Å². The zero-order valence-corrected chi connectivity index (χ0v) is 12.8. The molecule has 0 radical (unpaired) electrons. The number of alkyl halides is 3. The summed E-state index contributed by atoms with van der Waals surface area (Å²) in [6.07, 6.45) is -1.73. The van der Waals surface area contributed by atoms with Crippen molar-refractivity contribution in [3.8, 4) is 5.75 Å². The van der Waals surface area contributed by atoms with Gasteiger partial charge in [0.25, 0.3) is 5.91 Å². The molecule has 1 aromatic heterocycles. The number of ether oxygens (including phenoxy) is 2. The molecule has 1 aromatic carbocycles. The highest BCUT2D eigenvalue weighted by atomic mass is 19.4. The van der Waals surface area contributed by atoms with Crippen LogP contribution in [0.5, 0.6) is 5.75 Å². The summed E-state index contributed by atoms with van der Waals surface area (Å²) in [4.78, 5) is 15.9. The average molecular weight is 340 g/mol. The van der Waals surface area contributed by atoms with Gasteiger partial charge in [0.15, 0.2) is 0 Å². The Labute approximate surface area is 136 Å². The maximum Gasteiger partial charge on any atom is 0.416 e. The van der Waals surface area contributed by atoms with Gasteiger partial charge in [0.1, 0.15) is 12.4 Å². The number of halogens is 3. The van der Waals surface area contributed by atoms with Gasteiger partial charge in [0, 0.05) is 19.5 Å². The number of anilines is 1. The molecule has 1 amide bonds. The number of methoxy groups -OCH3 is 1. The first-order chi connectivity index (χ1) is 11.4. The monoisotopic (exact) mass is 340 g/mol. The van der Waals surface area contributed by atoms with E-state index in [1.807, 2.05) is 0 Å². The largest absolute Gasteiger partial charge is 0.489 e. The maximum atomic E-state index is 12.9. The molecular formula is C16H15F3N2O3. The topological polar surface area (TPSA) is 60.5 Å². The number of amides is 1. The van der Waals surface area contributed by atoms with Crippen LogP contribution in [0, 0.1) is 0 Å². The number of nitrogens with one attached hydrogen (secondary N) is 1. The second kappa shape index (κ2) is 7.78. The van der Waals surface area contributed by atoms with Crippen LogP contribution in [0.4, 0.5) is 18.9 Å². The van der Waals surface area contributed by atoms with Gasteiger partial charge in [-0.05, 0) is 30.3 Å². The van der Waals surface area contributed by atoms with Crippen molar-refractivity contribution in [2.24, 2.45) is 0 Å². The van der Waals surface area contributed by atoms with Crippen molar-refractivity contribution in [2.45, 2.75) is 6.18 Å². The molecule has 1 N–H and O–H groups in total. The minimum Gasteiger partial charge on any atom is -0.489 e. The third kappa shape index (κ3) is 4.69. The van der Waals surface area contributed by atoms with Gasteiger partial charge in [-0.25, -0.2) is 0 Å². The van der Waals surface area contributed by atoms with Crippen molar-refractivity contribution in [3.63, 3.8) is 0 Å². The highest BCUT2D eigenvalue weighted by molar-refractivity contribution is 6.04. The second-order valence-electron chi connectivity index (χ2n) is 4.75. The van der Waals surface area contributed by atoms with Crippen LogP contribution in [0.15, 0.2) is 42.7 Å². The van der Waals surface area contributed by atoms with E-state index < -0.39 is 17.6 Å². The van der Waals surface area contributed by atoms with E-state index in [-0.39, 0.29) is 30.2 Å². The zero-order valence-electron chi connectivity index (χ0n) is 12.8. The number of aromatic nitrogens is 1. The molecule has 0 aliphatic carbocycles. The highest BCUT2D eigenvalue weighted by Crippen LogP contribution is 2.35. The number of rotatable bonds is 6. The number of carbonyl (C=O) groups excluding carboxylic acids is 1. The smallest absolute Gasteiger partial charge is 0.416 e. The van der Waals surface area contributed by atoms with E-state index in [9.17, 15) is 18.0 Å². The lowest BCUT2D eigenvalue weighted by Gasteiger charge is -2.15. The minimum absolute atomic E-state index is 0.0743. The SMILES string of the molecule is COCCOc1ccc(C(F)(F)F)cc1NC(=O)c1cccnc1. The van der Waals surface area contributed by atoms with Crippen LogP contribution < -0.4 is 10.1 Å². The Morgan fingerprint density at radius 2 is 2.04 bits per heavy atom. The fourth-order valence-corrected chi connectivity index (χ4v) is 1.86. The predicted octanol–water partition coefficient (Wildman–Crippen LogP) is 3.38. The fraction of sp³-hybridized carbons (Fsp3) is 0.250. The molecule has 2 rings (SSSR count). The number of hydrogen-bond donors (Lipinski definition) is 1. The summed E-state index contributed by atoms with van der Waals surface area (Å²) in [6.45, 7) is 0.397. The zero-order chi connectivity index (χ0) is 17.6. The van der Waals surface area contributed by atoms with Crippen LogP contribution in [0.3, 0.4) is 0 Å². The summed E-state index contributed by atoms with van der Waals surface area (Å²) < 4.78 is 48.8. The van der Waals surface area contributed by atoms with Crippen molar-refractivity contribution in [3.05, 3.63) is 53.9 Å². The summed E-state index contributed by atoms with van der Waals surface area (Å²) in [5, 5.41) is 2.42. The lowest BCUT2D eigenvalue weighted by molar-refractivity contribution is -0.137. The molecule has 128 valence electrons. The van der Waals surface area contributed by atoms with Crippen molar-refractivity contribution in [1.29, 1.82) is 0 Å². The van der Waals surface area contributed by atoms with E-state index in [1.165, 1.54) is 25.6 Å². The number of nitrogens with zero attached hydrogens (tertiary/aromatic N) is 1. The molecule has 0 bridgehead atoms. The van der Waals surface area contributed by atoms with E-state index in [4.69, 9.17) is 9.47 Å². The van der Waals surface area contributed by atoms with Gasteiger partial charge in [0.2, 0.25) is 0 Å². The van der Waals surface area contributed by atoms with Crippen molar-refractivity contribution in [2.75, 3.05) is 25.6 Å². The highest BCUT2D eigenvalue weighted by Gasteiger charge is 2.31. The Kier molecular flexibility index (Phi) is 5.75. The lowest BCUT2D eigenvalue weighted by atomic mass is 10.1. The standard InChI is InChI=1S/C16H15F3N2O3/c1-23-7-8-24-14-5-4-12(16(17,18)19)9-13(14)21-15(22)11-3-2-6-20-10-11/h2-6,9-10H,7-8H2,1H3,(H,21,22). The molecule has 5 nitrogen and oxygen atoms in total. The van der Waals surface area contributed by atoms with Gasteiger partial charge in [-0.15, -0.1) is 0 Å². The van der Waals surface area contributed by atoms with Gasteiger partial charge in [0.05, 0.1) is 23.4 Å². The quantitative estimate of drug-likeness (QED) is 0.819. The van der Waals surface area contributed by atoms with E-state index in [2.05, 4.69) is 10.3 Å². The molecule has 0 unspecified atom stereocenters. The summed E-state index contributed by atoms with van der Waals surface area (Å²) >= 11 is 0. The van der Waals surface area contributed by atoms with Crippen molar-refractivity contribution in [1.82, 2.24) is 4.98 Å². The number of hydrogen-bond acceptors (Lipinski definition) is 4. The molecular weight excluding hydrogens is 325 g/mol. The van der Waals surface area contributed by atoms with Crippen molar-refractivity contribution >= 4 is 11.6 Å².